The van der Waals surface area contributed by atoms with E-state index in [1.165, 1.54) is 0 Å². The Morgan fingerprint density at radius 3 is 2.81 bits per heavy atom. The molecule has 0 aliphatic rings. The van der Waals surface area contributed by atoms with Crippen molar-refractivity contribution in [2.24, 2.45) is 0 Å². The summed E-state index contributed by atoms with van der Waals surface area (Å²) in [5.41, 5.74) is 2.40. The first-order valence-corrected chi connectivity index (χ1v) is 7.54. The van der Waals surface area contributed by atoms with Crippen molar-refractivity contribution < 1.29 is 4.74 Å². The molecule has 0 aliphatic carbocycles. The van der Waals surface area contributed by atoms with Gasteiger partial charge in [-0.2, -0.15) is 5.10 Å². The Kier molecular flexibility index (Phi) is 3.98. The molecule has 0 fully saturated rings. The maximum atomic E-state index is 6.04. The number of anilines is 2. The second-order valence-electron chi connectivity index (χ2n) is 4.28. The SMILES string of the molecule is CCOc1ccc(Nc2cc(Cl)nn3c(Br)cnc23)cc1. The molecular formula is C14H12BrClN4O. The maximum Gasteiger partial charge on any atom is 0.178 e. The quantitative estimate of drug-likeness (QED) is 0.747. The first-order chi connectivity index (χ1) is 10.2. The molecule has 0 atom stereocenters. The molecule has 0 saturated carbocycles. The molecule has 3 aromatic rings. The molecule has 108 valence electrons. The molecule has 0 radical (unpaired) electrons. The van der Waals surface area contributed by atoms with E-state index in [1.807, 2.05) is 31.2 Å². The molecule has 0 bridgehead atoms. The number of hydrogen-bond acceptors (Lipinski definition) is 4. The number of halogens is 2. The van der Waals surface area contributed by atoms with Gasteiger partial charge >= 0.3 is 0 Å². The number of ether oxygens (including phenoxy) is 1. The minimum atomic E-state index is 0.384. The Morgan fingerprint density at radius 1 is 1.33 bits per heavy atom. The second-order valence-corrected chi connectivity index (χ2v) is 5.48. The zero-order valence-electron chi connectivity index (χ0n) is 11.2. The van der Waals surface area contributed by atoms with Crippen LogP contribution in [0.1, 0.15) is 6.92 Å². The van der Waals surface area contributed by atoms with Crippen LogP contribution in [0.3, 0.4) is 0 Å². The highest BCUT2D eigenvalue weighted by atomic mass is 79.9. The van der Waals surface area contributed by atoms with Crippen LogP contribution < -0.4 is 10.1 Å². The van der Waals surface area contributed by atoms with Gasteiger partial charge in [0.25, 0.3) is 0 Å². The van der Waals surface area contributed by atoms with E-state index in [1.54, 1.807) is 16.8 Å². The molecule has 2 aromatic heterocycles. The Morgan fingerprint density at radius 2 is 2.10 bits per heavy atom. The van der Waals surface area contributed by atoms with E-state index in [2.05, 4.69) is 31.3 Å². The van der Waals surface area contributed by atoms with Crippen molar-refractivity contribution in [3.05, 3.63) is 46.3 Å². The van der Waals surface area contributed by atoms with Crippen molar-refractivity contribution >= 4 is 44.6 Å². The average molecular weight is 368 g/mol. The van der Waals surface area contributed by atoms with Crippen LogP contribution in [0.2, 0.25) is 5.15 Å². The van der Waals surface area contributed by atoms with Gasteiger partial charge in [0, 0.05) is 11.8 Å². The number of rotatable bonds is 4. The van der Waals surface area contributed by atoms with Crippen molar-refractivity contribution in [2.75, 3.05) is 11.9 Å². The van der Waals surface area contributed by atoms with Gasteiger partial charge in [0.1, 0.15) is 10.4 Å². The smallest absolute Gasteiger partial charge is 0.178 e. The van der Waals surface area contributed by atoms with E-state index in [9.17, 15) is 0 Å². The minimum Gasteiger partial charge on any atom is -0.494 e. The number of imidazole rings is 1. The van der Waals surface area contributed by atoms with Crippen LogP contribution in [-0.2, 0) is 0 Å². The Hall–Kier alpha value is -1.79. The summed E-state index contributed by atoms with van der Waals surface area (Å²) in [6.45, 7) is 2.60. The summed E-state index contributed by atoms with van der Waals surface area (Å²) in [5, 5.41) is 7.86. The number of fused-ring (bicyclic) bond motifs is 1. The molecule has 2 heterocycles. The lowest BCUT2D eigenvalue weighted by Gasteiger charge is -2.09. The van der Waals surface area contributed by atoms with Crippen LogP contribution in [0.15, 0.2) is 41.1 Å². The van der Waals surface area contributed by atoms with Gasteiger partial charge < -0.3 is 10.1 Å². The third kappa shape index (κ3) is 2.96. The highest BCUT2D eigenvalue weighted by Crippen LogP contribution is 2.26. The first-order valence-electron chi connectivity index (χ1n) is 6.37. The Bertz CT molecular complexity index is 772. The standard InChI is InChI=1S/C14H12BrClN4O/c1-2-21-10-5-3-9(4-6-10)18-11-7-13(16)19-20-12(15)8-17-14(11)20/h3-8,18H,2H2,1H3. The normalized spacial score (nSPS) is 10.8. The van der Waals surface area contributed by atoms with Crippen molar-refractivity contribution in [1.29, 1.82) is 0 Å². The van der Waals surface area contributed by atoms with Gasteiger partial charge in [-0.15, -0.1) is 0 Å². The van der Waals surface area contributed by atoms with E-state index in [4.69, 9.17) is 16.3 Å². The van der Waals surface area contributed by atoms with Crippen LogP contribution in [0.25, 0.3) is 5.65 Å². The van der Waals surface area contributed by atoms with Gasteiger partial charge in [-0.05, 0) is 47.1 Å². The monoisotopic (exact) mass is 366 g/mol. The van der Waals surface area contributed by atoms with E-state index in [-0.39, 0.29) is 0 Å². The summed E-state index contributed by atoms with van der Waals surface area (Å²) in [4.78, 5) is 4.31. The van der Waals surface area contributed by atoms with Crippen LogP contribution in [0, 0.1) is 0 Å². The average Bonchev–Trinajstić information content (AvgIpc) is 2.83. The van der Waals surface area contributed by atoms with Crippen molar-refractivity contribution in [2.45, 2.75) is 6.92 Å². The molecule has 7 heteroatoms. The van der Waals surface area contributed by atoms with E-state index < -0.39 is 0 Å². The number of nitrogens with zero attached hydrogens (tertiary/aromatic N) is 3. The third-order valence-corrected chi connectivity index (χ3v) is 3.57. The highest BCUT2D eigenvalue weighted by molar-refractivity contribution is 9.10. The molecule has 1 N–H and O–H groups in total. The molecule has 0 amide bonds. The summed E-state index contributed by atoms with van der Waals surface area (Å²) in [7, 11) is 0. The predicted octanol–water partition coefficient (Wildman–Crippen LogP) is 4.29. The van der Waals surface area contributed by atoms with Crippen LogP contribution >= 0.6 is 27.5 Å². The lowest BCUT2D eigenvalue weighted by atomic mass is 10.3. The summed E-state index contributed by atoms with van der Waals surface area (Å²) in [6.07, 6.45) is 1.68. The van der Waals surface area contributed by atoms with Gasteiger partial charge in [-0.25, -0.2) is 9.50 Å². The van der Waals surface area contributed by atoms with E-state index >= 15 is 0 Å². The molecule has 21 heavy (non-hydrogen) atoms. The van der Waals surface area contributed by atoms with E-state index in [0.717, 1.165) is 21.7 Å². The topological polar surface area (TPSA) is 51.5 Å². The first kappa shape index (κ1) is 14.2. The zero-order valence-corrected chi connectivity index (χ0v) is 13.5. The second kappa shape index (κ2) is 5.91. The van der Waals surface area contributed by atoms with Gasteiger partial charge in [-0.1, -0.05) is 11.6 Å². The Labute approximate surface area is 135 Å². The molecule has 0 unspecified atom stereocenters. The van der Waals surface area contributed by atoms with Crippen LogP contribution in [0.4, 0.5) is 11.4 Å². The molecular weight excluding hydrogens is 356 g/mol. The summed E-state index contributed by atoms with van der Waals surface area (Å²) in [6, 6.07) is 9.44. The molecule has 0 saturated heterocycles. The fourth-order valence-electron chi connectivity index (χ4n) is 1.96. The highest BCUT2D eigenvalue weighted by Gasteiger charge is 2.09. The van der Waals surface area contributed by atoms with Gasteiger partial charge in [0.15, 0.2) is 10.8 Å². The molecule has 0 aliphatic heterocycles. The number of aromatic nitrogens is 3. The van der Waals surface area contributed by atoms with Crippen molar-refractivity contribution in [1.82, 2.24) is 14.6 Å². The number of hydrogen-bond donors (Lipinski definition) is 1. The minimum absolute atomic E-state index is 0.384. The summed E-state index contributed by atoms with van der Waals surface area (Å²) in [5.74, 6) is 0.838. The van der Waals surface area contributed by atoms with Gasteiger partial charge in [0.2, 0.25) is 0 Å². The predicted molar refractivity (Wildman–Crippen MR) is 86.6 cm³/mol. The lowest BCUT2D eigenvalue weighted by molar-refractivity contribution is 0.340. The fraction of sp³-hybridized carbons (Fsp3) is 0.143. The maximum absolute atomic E-state index is 6.04. The molecule has 5 nitrogen and oxygen atoms in total. The van der Waals surface area contributed by atoms with Crippen LogP contribution in [0.5, 0.6) is 5.75 Å². The molecule has 1 aromatic carbocycles. The Balaban J connectivity index is 1.94. The fourth-order valence-corrected chi connectivity index (χ4v) is 2.49. The zero-order chi connectivity index (χ0) is 14.8. The molecule has 3 rings (SSSR count). The van der Waals surface area contributed by atoms with Crippen molar-refractivity contribution in [3.8, 4) is 5.75 Å². The van der Waals surface area contributed by atoms with Crippen molar-refractivity contribution in [3.63, 3.8) is 0 Å². The largest absolute Gasteiger partial charge is 0.494 e. The summed E-state index contributed by atoms with van der Waals surface area (Å²) >= 11 is 9.43. The third-order valence-electron chi connectivity index (χ3n) is 2.84. The van der Waals surface area contributed by atoms with Gasteiger partial charge in [0.05, 0.1) is 18.5 Å². The molecule has 0 spiro atoms. The number of benzene rings is 1. The summed E-state index contributed by atoms with van der Waals surface area (Å²) < 4.78 is 7.81. The van der Waals surface area contributed by atoms with Gasteiger partial charge in [-0.3, -0.25) is 0 Å². The lowest BCUT2D eigenvalue weighted by Crippen LogP contribution is -1.99. The van der Waals surface area contributed by atoms with Crippen LogP contribution in [-0.4, -0.2) is 21.2 Å². The van der Waals surface area contributed by atoms with E-state index in [0.29, 0.717) is 17.4 Å². The number of nitrogens with one attached hydrogen (secondary N) is 1.